The molecular formula is C27H28ClNO3S. The fourth-order valence-corrected chi connectivity index (χ4v) is 4.65. The summed E-state index contributed by atoms with van der Waals surface area (Å²) in [5.41, 5.74) is 2.98. The van der Waals surface area contributed by atoms with Crippen LogP contribution in [0.2, 0.25) is 5.02 Å². The maximum atomic E-state index is 13.0. The molecule has 172 valence electrons. The molecule has 0 aliphatic rings. The number of rotatable bonds is 11. The van der Waals surface area contributed by atoms with Gasteiger partial charge in [-0.25, -0.2) is 4.79 Å². The SMILES string of the molecule is CCCCCCSc1ccc(C(=O)c2ccc(N(C)c3ccc(Cl)cc3)cc2)cc1C(=O)O. The van der Waals surface area contributed by atoms with E-state index < -0.39 is 5.97 Å². The molecule has 0 atom stereocenters. The molecule has 0 aliphatic carbocycles. The number of thioether (sulfide) groups is 1. The van der Waals surface area contributed by atoms with Crippen LogP contribution in [0.5, 0.6) is 0 Å². The average molecular weight is 482 g/mol. The van der Waals surface area contributed by atoms with E-state index in [0.29, 0.717) is 21.0 Å². The second kappa shape index (κ2) is 11.9. The maximum absolute atomic E-state index is 13.0. The Morgan fingerprint density at radius 1 is 0.879 bits per heavy atom. The summed E-state index contributed by atoms with van der Waals surface area (Å²) in [4.78, 5) is 27.5. The van der Waals surface area contributed by atoms with E-state index in [1.54, 1.807) is 36.0 Å². The van der Waals surface area contributed by atoms with Gasteiger partial charge in [0.15, 0.2) is 5.78 Å². The number of carboxylic acids is 1. The number of hydrogen-bond acceptors (Lipinski definition) is 4. The summed E-state index contributed by atoms with van der Waals surface area (Å²) in [7, 11) is 1.94. The third-order valence-electron chi connectivity index (χ3n) is 5.46. The minimum Gasteiger partial charge on any atom is -0.478 e. The quantitative estimate of drug-likeness (QED) is 0.172. The van der Waals surface area contributed by atoms with Crippen LogP contribution in [-0.4, -0.2) is 29.7 Å². The van der Waals surface area contributed by atoms with E-state index in [1.807, 2.05) is 48.3 Å². The van der Waals surface area contributed by atoms with Crippen LogP contribution in [0.4, 0.5) is 11.4 Å². The number of unbranched alkanes of at least 4 members (excludes halogenated alkanes) is 3. The number of carbonyl (C=O) groups is 2. The molecule has 33 heavy (non-hydrogen) atoms. The lowest BCUT2D eigenvalue weighted by Gasteiger charge is -2.19. The summed E-state index contributed by atoms with van der Waals surface area (Å²) < 4.78 is 0. The van der Waals surface area contributed by atoms with E-state index in [-0.39, 0.29) is 11.3 Å². The average Bonchev–Trinajstić information content (AvgIpc) is 2.83. The Kier molecular flexibility index (Phi) is 8.98. The van der Waals surface area contributed by atoms with Crippen LogP contribution in [0.1, 0.15) is 58.9 Å². The van der Waals surface area contributed by atoms with E-state index >= 15 is 0 Å². The third kappa shape index (κ3) is 6.62. The van der Waals surface area contributed by atoms with Gasteiger partial charge in [-0.2, -0.15) is 0 Å². The van der Waals surface area contributed by atoms with Crippen molar-refractivity contribution in [3.8, 4) is 0 Å². The van der Waals surface area contributed by atoms with Gasteiger partial charge in [-0.15, -0.1) is 11.8 Å². The number of ketones is 1. The summed E-state index contributed by atoms with van der Waals surface area (Å²) in [6.45, 7) is 2.16. The molecule has 0 spiro atoms. The van der Waals surface area contributed by atoms with Crippen LogP contribution in [0, 0.1) is 0 Å². The Morgan fingerprint density at radius 2 is 1.48 bits per heavy atom. The first-order valence-corrected chi connectivity index (χ1v) is 12.4. The first kappa shape index (κ1) is 24.9. The van der Waals surface area contributed by atoms with E-state index in [9.17, 15) is 14.7 Å². The van der Waals surface area contributed by atoms with Crippen molar-refractivity contribution in [3.05, 3.63) is 88.4 Å². The molecule has 0 saturated heterocycles. The second-order valence-corrected chi connectivity index (χ2v) is 9.41. The molecule has 0 aromatic heterocycles. The smallest absolute Gasteiger partial charge is 0.336 e. The molecule has 3 aromatic carbocycles. The molecule has 0 heterocycles. The van der Waals surface area contributed by atoms with Gasteiger partial charge in [0, 0.05) is 39.5 Å². The van der Waals surface area contributed by atoms with Gasteiger partial charge in [-0.3, -0.25) is 4.79 Å². The van der Waals surface area contributed by atoms with Crippen LogP contribution in [0.3, 0.4) is 0 Å². The third-order valence-corrected chi connectivity index (χ3v) is 6.87. The highest BCUT2D eigenvalue weighted by atomic mass is 35.5. The van der Waals surface area contributed by atoms with Gasteiger partial charge in [-0.05, 0) is 78.9 Å². The zero-order valence-electron chi connectivity index (χ0n) is 18.9. The normalized spacial score (nSPS) is 10.8. The topological polar surface area (TPSA) is 57.6 Å². The Bertz CT molecular complexity index is 1100. The number of nitrogens with zero attached hydrogens (tertiary/aromatic N) is 1. The number of aromatic carboxylic acids is 1. The summed E-state index contributed by atoms with van der Waals surface area (Å²) in [6, 6.07) is 19.8. The number of benzene rings is 3. The van der Waals surface area contributed by atoms with E-state index in [1.165, 1.54) is 18.9 Å². The van der Waals surface area contributed by atoms with Gasteiger partial charge in [0.25, 0.3) is 0 Å². The molecule has 6 heteroatoms. The lowest BCUT2D eigenvalue weighted by molar-refractivity contribution is 0.0693. The first-order chi connectivity index (χ1) is 15.9. The van der Waals surface area contributed by atoms with Crippen molar-refractivity contribution < 1.29 is 14.7 Å². The number of carboxylic acid groups (broad SMARTS) is 1. The van der Waals surface area contributed by atoms with Crippen molar-refractivity contribution in [2.45, 2.75) is 37.5 Å². The molecule has 0 aliphatic heterocycles. The van der Waals surface area contributed by atoms with E-state index in [2.05, 4.69) is 6.92 Å². The van der Waals surface area contributed by atoms with Crippen LogP contribution in [0.25, 0.3) is 0 Å². The second-order valence-electron chi connectivity index (χ2n) is 7.84. The first-order valence-electron chi connectivity index (χ1n) is 11.0. The van der Waals surface area contributed by atoms with Crippen LogP contribution in [-0.2, 0) is 0 Å². The highest BCUT2D eigenvalue weighted by Crippen LogP contribution is 2.28. The largest absolute Gasteiger partial charge is 0.478 e. The predicted molar refractivity (Wildman–Crippen MR) is 138 cm³/mol. The minimum atomic E-state index is -1.01. The minimum absolute atomic E-state index is 0.181. The predicted octanol–water partition coefficient (Wildman–Crippen LogP) is 7.71. The van der Waals surface area contributed by atoms with Gasteiger partial charge >= 0.3 is 5.97 Å². The Hall–Kier alpha value is -2.76. The van der Waals surface area contributed by atoms with Crippen LogP contribution >= 0.6 is 23.4 Å². The van der Waals surface area contributed by atoms with Crippen molar-refractivity contribution in [3.63, 3.8) is 0 Å². The summed E-state index contributed by atoms with van der Waals surface area (Å²) in [5, 5.41) is 10.3. The Labute approximate surface area is 204 Å². The number of anilines is 2. The maximum Gasteiger partial charge on any atom is 0.336 e. The molecule has 0 fully saturated rings. The fraction of sp³-hybridized carbons (Fsp3) is 0.259. The summed E-state index contributed by atoms with van der Waals surface area (Å²) in [5.74, 6) is -0.339. The van der Waals surface area contributed by atoms with Crippen molar-refractivity contribution in [2.24, 2.45) is 0 Å². The number of carbonyl (C=O) groups excluding carboxylic acids is 1. The Balaban J connectivity index is 1.73. The summed E-state index contributed by atoms with van der Waals surface area (Å²) >= 11 is 7.51. The molecule has 3 rings (SSSR count). The monoisotopic (exact) mass is 481 g/mol. The molecule has 0 radical (unpaired) electrons. The fourth-order valence-electron chi connectivity index (χ4n) is 3.49. The lowest BCUT2D eigenvalue weighted by Crippen LogP contribution is -2.10. The number of halogens is 1. The van der Waals surface area contributed by atoms with Crippen LogP contribution < -0.4 is 4.90 Å². The summed E-state index contributed by atoms with van der Waals surface area (Å²) in [6.07, 6.45) is 4.55. The van der Waals surface area contributed by atoms with Gasteiger partial charge < -0.3 is 10.0 Å². The molecule has 0 saturated carbocycles. The van der Waals surface area contributed by atoms with Gasteiger partial charge in [0.1, 0.15) is 0 Å². The number of hydrogen-bond donors (Lipinski definition) is 1. The van der Waals surface area contributed by atoms with Gasteiger partial charge in [0.05, 0.1) is 5.56 Å². The lowest BCUT2D eigenvalue weighted by atomic mass is 10.0. The zero-order chi connectivity index (χ0) is 23.8. The van der Waals surface area contributed by atoms with Crippen LogP contribution in [0.15, 0.2) is 71.6 Å². The highest BCUT2D eigenvalue weighted by molar-refractivity contribution is 7.99. The van der Waals surface area contributed by atoms with Gasteiger partial charge in [0.2, 0.25) is 0 Å². The van der Waals surface area contributed by atoms with Crippen molar-refractivity contribution >= 4 is 46.5 Å². The molecule has 0 bridgehead atoms. The molecule has 0 amide bonds. The van der Waals surface area contributed by atoms with Crippen molar-refractivity contribution in [1.29, 1.82) is 0 Å². The zero-order valence-corrected chi connectivity index (χ0v) is 20.5. The van der Waals surface area contributed by atoms with Crippen molar-refractivity contribution in [2.75, 3.05) is 17.7 Å². The van der Waals surface area contributed by atoms with E-state index in [0.717, 1.165) is 30.0 Å². The molecule has 4 nitrogen and oxygen atoms in total. The molecule has 3 aromatic rings. The molecule has 0 unspecified atom stereocenters. The molecular weight excluding hydrogens is 454 g/mol. The Morgan fingerprint density at radius 3 is 2.09 bits per heavy atom. The van der Waals surface area contributed by atoms with Gasteiger partial charge in [-0.1, -0.05) is 37.8 Å². The van der Waals surface area contributed by atoms with E-state index in [4.69, 9.17) is 11.6 Å². The van der Waals surface area contributed by atoms with Crippen molar-refractivity contribution in [1.82, 2.24) is 0 Å². The standard InChI is InChI=1S/C27H28ClNO3S/c1-3-4-5-6-17-33-25-16-9-20(18-24(25)27(31)32)26(30)19-7-12-22(13-8-19)29(2)23-14-10-21(28)11-15-23/h7-16,18H,3-6,17H2,1-2H3,(H,31,32). The highest BCUT2D eigenvalue weighted by Gasteiger charge is 2.16. The molecule has 1 N–H and O–H groups in total.